The van der Waals surface area contributed by atoms with Gasteiger partial charge in [-0.3, -0.25) is 4.79 Å². The summed E-state index contributed by atoms with van der Waals surface area (Å²) in [6, 6.07) is 5.60. The highest BCUT2D eigenvalue weighted by Gasteiger charge is 2.49. The van der Waals surface area contributed by atoms with E-state index in [0.29, 0.717) is 11.4 Å². The van der Waals surface area contributed by atoms with Crippen molar-refractivity contribution in [2.45, 2.75) is 19.3 Å². The van der Waals surface area contributed by atoms with E-state index < -0.39 is 11.4 Å². The highest BCUT2D eigenvalue weighted by atomic mass is 79.9. The van der Waals surface area contributed by atoms with Crippen molar-refractivity contribution in [1.29, 1.82) is 0 Å². The van der Waals surface area contributed by atoms with Crippen molar-refractivity contribution in [1.82, 2.24) is 0 Å². The quantitative estimate of drug-likeness (QED) is 0.924. The average Bonchev–Trinajstić information content (AvgIpc) is 2.93. The molecule has 0 aliphatic heterocycles. The number of carboxylic acid groups (broad SMARTS) is 1. The van der Waals surface area contributed by atoms with E-state index in [4.69, 9.17) is 16.7 Å². The third kappa shape index (κ3) is 2.18. The molecule has 0 amide bonds. The van der Waals surface area contributed by atoms with Gasteiger partial charge in [0.25, 0.3) is 0 Å². The molecule has 2 nitrogen and oxygen atoms in total. The monoisotopic (exact) mass is 288 g/mol. The molecule has 0 unspecified atom stereocenters. The van der Waals surface area contributed by atoms with Crippen LogP contribution in [0.1, 0.15) is 18.4 Å². The topological polar surface area (TPSA) is 37.3 Å². The van der Waals surface area contributed by atoms with Crippen molar-refractivity contribution in [3.8, 4) is 0 Å². The summed E-state index contributed by atoms with van der Waals surface area (Å²) < 4.78 is 0.841. The molecule has 1 aromatic rings. The van der Waals surface area contributed by atoms with Crippen LogP contribution in [0.25, 0.3) is 0 Å². The van der Waals surface area contributed by atoms with Crippen molar-refractivity contribution in [3.63, 3.8) is 0 Å². The summed E-state index contributed by atoms with van der Waals surface area (Å²) in [5.74, 6) is -0.693. The molecule has 80 valence electrons. The molecule has 0 radical (unpaired) electrons. The van der Waals surface area contributed by atoms with Gasteiger partial charge >= 0.3 is 5.97 Å². The summed E-state index contributed by atoms with van der Waals surface area (Å²) in [7, 11) is 0. The van der Waals surface area contributed by atoms with E-state index in [1.807, 2.05) is 18.2 Å². The standard InChI is InChI=1S/C11H10BrClO2/c12-8-2-1-7(5-9(8)13)6-11(3-4-11)10(14)15/h1-2,5H,3-4,6H2,(H,14,15). The summed E-state index contributed by atoms with van der Waals surface area (Å²) in [6.07, 6.45) is 2.13. The molecule has 1 aromatic carbocycles. The number of hydrogen-bond acceptors (Lipinski definition) is 1. The van der Waals surface area contributed by atoms with E-state index >= 15 is 0 Å². The van der Waals surface area contributed by atoms with Gasteiger partial charge in [0.05, 0.1) is 10.4 Å². The fraction of sp³-hybridized carbons (Fsp3) is 0.364. The van der Waals surface area contributed by atoms with Crippen LogP contribution in [0.3, 0.4) is 0 Å². The second-order valence-electron chi connectivity index (χ2n) is 4.01. The Bertz CT molecular complexity index is 413. The molecule has 0 bridgehead atoms. The molecule has 2 rings (SSSR count). The number of halogens is 2. The van der Waals surface area contributed by atoms with Crippen LogP contribution in [0.2, 0.25) is 5.02 Å². The zero-order valence-electron chi connectivity index (χ0n) is 7.96. The molecule has 0 aromatic heterocycles. The van der Waals surface area contributed by atoms with Crippen LogP contribution in [0.15, 0.2) is 22.7 Å². The third-order valence-corrected chi connectivity index (χ3v) is 4.07. The molecule has 0 saturated heterocycles. The molecule has 1 saturated carbocycles. The van der Waals surface area contributed by atoms with Crippen LogP contribution in [0.5, 0.6) is 0 Å². The van der Waals surface area contributed by atoms with Gasteiger partial charge < -0.3 is 5.11 Å². The first-order valence-corrected chi connectivity index (χ1v) is 5.88. The highest BCUT2D eigenvalue weighted by Crippen LogP contribution is 2.48. The Balaban J connectivity index is 2.18. The maximum Gasteiger partial charge on any atom is 0.309 e. The van der Waals surface area contributed by atoms with Crippen LogP contribution in [0, 0.1) is 5.41 Å². The van der Waals surface area contributed by atoms with Crippen molar-refractivity contribution in [2.75, 3.05) is 0 Å². The number of benzene rings is 1. The van der Waals surface area contributed by atoms with E-state index in [1.165, 1.54) is 0 Å². The lowest BCUT2D eigenvalue weighted by molar-refractivity contribution is -0.143. The minimum Gasteiger partial charge on any atom is -0.481 e. The SMILES string of the molecule is O=C(O)C1(Cc2ccc(Br)c(Cl)c2)CC1. The van der Waals surface area contributed by atoms with Gasteiger partial charge in [-0.1, -0.05) is 17.7 Å². The van der Waals surface area contributed by atoms with Crippen molar-refractivity contribution in [3.05, 3.63) is 33.3 Å². The highest BCUT2D eigenvalue weighted by molar-refractivity contribution is 9.10. The largest absolute Gasteiger partial charge is 0.481 e. The number of hydrogen-bond donors (Lipinski definition) is 1. The zero-order chi connectivity index (χ0) is 11.1. The molecule has 15 heavy (non-hydrogen) atoms. The lowest BCUT2D eigenvalue weighted by Gasteiger charge is -2.09. The van der Waals surface area contributed by atoms with Gasteiger partial charge in [0, 0.05) is 4.47 Å². The smallest absolute Gasteiger partial charge is 0.309 e. The predicted octanol–water partition coefficient (Wildman–Crippen LogP) is 3.51. The molecule has 4 heteroatoms. The van der Waals surface area contributed by atoms with E-state index in [1.54, 1.807) is 0 Å². The predicted molar refractivity (Wildman–Crippen MR) is 62.2 cm³/mol. The maximum absolute atomic E-state index is 11.0. The fourth-order valence-corrected chi connectivity index (χ4v) is 2.11. The van der Waals surface area contributed by atoms with Crippen LogP contribution in [0.4, 0.5) is 0 Å². The van der Waals surface area contributed by atoms with Gasteiger partial charge in [-0.2, -0.15) is 0 Å². The van der Waals surface area contributed by atoms with Crippen LogP contribution in [-0.4, -0.2) is 11.1 Å². The van der Waals surface area contributed by atoms with Crippen molar-refractivity contribution >= 4 is 33.5 Å². The first-order chi connectivity index (χ1) is 7.03. The Morgan fingerprint density at radius 2 is 2.20 bits per heavy atom. The van der Waals surface area contributed by atoms with Crippen LogP contribution >= 0.6 is 27.5 Å². The van der Waals surface area contributed by atoms with E-state index in [-0.39, 0.29) is 0 Å². The summed E-state index contributed by atoms with van der Waals surface area (Å²) in [6.45, 7) is 0. The molecular formula is C11H10BrClO2. The van der Waals surface area contributed by atoms with Crippen LogP contribution in [-0.2, 0) is 11.2 Å². The van der Waals surface area contributed by atoms with Gasteiger partial charge in [0.2, 0.25) is 0 Å². The molecule has 1 aliphatic carbocycles. The Morgan fingerprint density at radius 1 is 1.53 bits per heavy atom. The summed E-state index contributed by atoms with van der Waals surface area (Å²) in [5.41, 5.74) is 0.472. The lowest BCUT2D eigenvalue weighted by Crippen LogP contribution is -2.17. The Morgan fingerprint density at radius 3 is 2.67 bits per heavy atom. The molecule has 0 heterocycles. The lowest BCUT2D eigenvalue weighted by atomic mass is 9.97. The molecule has 1 aliphatic rings. The third-order valence-electron chi connectivity index (χ3n) is 2.83. The number of aliphatic carboxylic acids is 1. The summed E-state index contributed by atoms with van der Waals surface area (Å²) >= 11 is 9.25. The van der Waals surface area contributed by atoms with E-state index in [9.17, 15) is 4.79 Å². The number of carboxylic acids is 1. The Hall–Kier alpha value is -0.540. The van der Waals surface area contributed by atoms with Crippen molar-refractivity contribution in [2.24, 2.45) is 5.41 Å². The minimum absolute atomic E-state index is 0.517. The second kappa shape index (κ2) is 3.80. The Labute approximate surface area is 101 Å². The average molecular weight is 290 g/mol. The molecule has 1 N–H and O–H groups in total. The molecule has 1 fully saturated rings. The molecule has 0 spiro atoms. The maximum atomic E-state index is 11.0. The first kappa shape index (κ1) is 11.0. The normalized spacial score (nSPS) is 17.5. The van der Waals surface area contributed by atoms with Gasteiger partial charge in [0.1, 0.15) is 0 Å². The van der Waals surface area contributed by atoms with E-state index in [2.05, 4.69) is 15.9 Å². The first-order valence-electron chi connectivity index (χ1n) is 4.71. The van der Waals surface area contributed by atoms with Gasteiger partial charge in [-0.05, 0) is 52.9 Å². The Kier molecular flexibility index (Phi) is 2.77. The second-order valence-corrected chi connectivity index (χ2v) is 5.27. The molecule has 0 atom stereocenters. The molecular weight excluding hydrogens is 279 g/mol. The van der Waals surface area contributed by atoms with Gasteiger partial charge in [-0.15, -0.1) is 0 Å². The van der Waals surface area contributed by atoms with Crippen molar-refractivity contribution < 1.29 is 9.90 Å². The minimum atomic E-state index is -0.693. The van der Waals surface area contributed by atoms with Gasteiger partial charge in [0.15, 0.2) is 0 Å². The fourth-order valence-electron chi connectivity index (χ4n) is 1.66. The number of carbonyl (C=O) groups is 1. The number of rotatable bonds is 3. The van der Waals surface area contributed by atoms with Gasteiger partial charge in [-0.25, -0.2) is 0 Å². The van der Waals surface area contributed by atoms with E-state index in [0.717, 1.165) is 22.9 Å². The zero-order valence-corrected chi connectivity index (χ0v) is 10.3. The van der Waals surface area contributed by atoms with Crippen LogP contribution < -0.4 is 0 Å². The summed E-state index contributed by atoms with van der Waals surface area (Å²) in [5, 5.41) is 9.68. The summed E-state index contributed by atoms with van der Waals surface area (Å²) in [4.78, 5) is 11.0.